The zero-order valence-electron chi connectivity index (χ0n) is 15.8. The molecule has 1 amide bonds. The lowest BCUT2D eigenvalue weighted by Gasteiger charge is -2.30. The van der Waals surface area contributed by atoms with E-state index >= 15 is 0 Å². The molecule has 3 aromatic rings. The van der Waals surface area contributed by atoms with E-state index in [4.69, 9.17) is 23.2 Å². The van der Waals surface area contributed by atoms with Gasteiger partial charge in [0.1, 0.15) is 0 Å². The molecule has 0 radical (unpaired) electrons. The summed E-state index contributed by atoms with van der Waals surface area (Å²) in [5, 5.41) is 3.81. The van der Waals surface area contributed by atoms with Crippen molar-refractivity contribution in [2.45, 2.75) is 17.7 Å². The highest BCUT2D eigenvalue weighted by molar-refractivity contribution is 7.92. The van der Waals surface area contributed by atoms with Gasteiger partial charge in [-0.25, -0.2) is 8.42 Å². The molecule has 8 heteroatoms. The molecule has 0 spiro atoms. The van der Waals surface area contributed by atoms with E-state index < -0.39 is 10.0 Å². The molecule has 0 fully saturated rings. The number of amides is 1. The fraction of sp³-hybridized carbons (Fsp3) is 0.136. The van der Waals surface area contributed by atoms with E-state index in [-0.39, 0.29) is 10.8 Å². The van der Waals surface area contributed by atoms with E-state index in [1.807, 2.05) is 0 Å². The standard InChI is InChI=1S/C22H18Cl2N2O3S/c23-17-7-9-20(10-8-17)30(28,29)26-12-2-3-15-13-16(6-11-21(15)26)22(27)25-19-5-1-4-18(24)14-19/h1,4-11,13-14H,2-3,12H2,(H,25,27). The molecule has 1 N–H and O–H groups in total. The number of hydrogen-bond donors (Lipinski definition) is 1. The van der Waals surface area contributed by atoms with Gasteiger partial charge in [0.15, 0.2) is 0 Å². The number of nitrogens with zero attached hydrogens (tertiary/aromatic N) is 1. The highest BCUT2D eigenvalue weighted by atomic mass is 35.5. The Morgan fingerprint density at radius 3 is 2.43 bits per heavy atom. The van der Waals surface area contributed by atoms with E-state index in [0.717, 1.165) is 5.56 Å². The van der Waals surface area contributed by atoms with E-state index in [0.29, 0.717) is 46.4 Å². The van der Waals surface area contributed by atoms with Crippen LogP contribution in [0, 0.1) is 0 Å². The minimum atomic E-state index is -3.72. The molecule has 0 aliphatic carbocycles. The second kappa shape index (κ2) is 8.30. The lowest BCUT2D eigenvalue weighted by atomic mass is 10.0. The lowest BCUT2D eigenvalue weighted by Crippen LogP contribution is -2.35. The van der Waals surface area contributed by atoms with Crippen molar-refractivity contribution in [1.82, 2.24) is 0 Å². The Labute approximate surface area is 185 Å². The van der Waals surface area contributed by atoms with Crippen molar-refractivity contribution in [2.24, 2.45) is 0 Å². The summed E-state index contributed by atoms with van der Waals surface area (Å²) in [6.45, 7) is 0.381. The molecule has 0 bridgehead atoms. The molecule has 0 atom stereocenters. The number of carbonyl (C=O) groups is 1. The summed E-state index contributed by atoms with van der Waals surface area (Å²) in [6.07, 6.45) is 1.36. The van der Waals surface area contributed by atoms with Crippen molar-refractivity contribution >= 4 is 50.5 Å². The summed E-state index contributed by atoms with van der Waals surface area (Å²) < 4.78 is 27.7. The number of benzene rings is 3. The van der Waals surface area contributed by atoms with Crippen molar-refractivity contribution in [3.8, 4) is 0 Å². The van der Waals surface area contributed by atoms with Gasteiger partial charge in [-0.05, 0) is 79.1 Å². The average molecular weight is 461 g/mol. The Hall–Kier alpha value is -2.54. The van der Waals surface area contributed by atoms with Crippen LogP contribution in [0.25, 0.3) is 0 Å². The third-order valence-corrected chi connectivity index (χ3v) is 7.22. The second-order valence-corrected chi connectivity index (χ2v) is 9.68. The molecule has 0 saturated carbocycles. The third kappa shape index (κ3) is 4.17. The normalized spacial score (nSPS) is 13.6. The van der Waals surface area contributed by atoms with Gasteiger partial charge in [-0.1, -0.05) is 29.3 Å². The van der Waals surface area contributed by atoms with Crippen LogP contribution in [0.15, 0.2) is 71.6 Å². The molecular weight excluding hydrogens is 443 g/mol. The smallest absolute Gasteiger partial charge is 0.264 e. The quantitative estimate of drug-likeness (QED) is 0.567. The first kappa shape index (κ1) is 20.7. The van der Waals surface area contributed by atoms with E-state index in [2.05, 4.69) is 5.32 Å². The first-order chi connectivity index (χ1) is 14.3. The van der Waals surface area contributed by atoms with Gasteiger partial charge < -0.3 is 5.32 Å². The Kier molecular flexibility index (Phi) is 5.73. The van der Waals surface area contributed by atoms with Crippen LogP contribution in [-0.2, 0) is 16.4 Å². The molecule has 0 aromatic heterocycles. The summed E-state index contributed by atoms with van der Waals surface area (Å²) >= 11 is 11.9. The van der Waals surface area contributed by atoms with Gasteiger partial charge in [-0.15, -0.1) is 0 Å². The monoisotopic (exact) mass is 460 g/mol. The molecule has 1 aliphatic heterocycles. The van der Waals surface area contributed by atoms with Crippen molar-refractivity contribution in [3.63, 3.8) is 0 Å². The van der Waals surface area contributed by atoms with Crippen LogP contribution in [0.2, 0.25) is 10.0 Å². The molecular formula is C22H18Cl2N2O3S. The Morgan fingerprint density at radius 2 is 1.70 bits per heavy atom. The number of hydrogen-bond acceptors (Lipinski definition) is 3. The number of nitrogens with one attached hydrogen (secondary N) is 1. The predicted molar refractivity (Wildman–Crippen MR) is 120 cm³/mol. The topological polar surface area (TPSA) is 66.5 Å². The molecule has 0 unspecified atom stereocenters. The van der Waals surface area contributed by atoms with Crippen LogP contribution in [-0.4, -0.2) is 20.9 Å². The molecule has 3 aromatic carbocycles. The summed E-state index contributed by atoms with van der Waals surface area (Å²) in [5.41, 5.74) is 2.46. The van der Waals surface area contributed by atoms with E-state index in [9.17, 15) is 13.2 Å². The zero-order chi connectivity index (χ0) is 21.3. The number of anilines is 2. The van der Waals surface area contributed by atoms with Crippen molar-refractivity contribution in [1.29, 1.82) is 0 Å². The van der Waals surface area contributed by atoms with Gasteiger partial charge in [0, 0.05) is 27.8 Å². The molecule has 1 heterocycles. The maximum Gasteiger partial charge on any atom is 0.264 e. The zero-order valence-corrected chi connectivity index (χ0v) is 18.1. The van der Waals surface area contributed by atoms with Crippen LogP contribution >= 0.6 is 23.2 Å². The van der Waals surface area contributed by atoms with E-state index in [1.165, 1.54) is 16.4 Å². The number of sulfonamides is 1. The Morgan fingerprint density at radius 1 is 0.933 bits per heavy atom. The van der Waals surface area contributed by atoms with Gasteiger partial charge in [0.25, 0.3) is 15.9 Å². The molecule has 5 nitrogen and oxygen atoms in total. The highest BCUT2D eigenvalue weighted by Gasteiger charge is 2.29. The Bertz CT molecular complexity index is 1210. The van der Waals surface area contributed by atoms with Crippen molar-refractivity contribution in [3.05, 3.63) is 87.9 Å². The summed E-state index contributed by atoms with van der Waals surface area (Å²) in [7, 11) is -3.72. The Balaban J connectivity index is 1.62. The van der Waals surface area contributed by atoms with Crippen LogP contribution < -0.4 is 9.62 Å². The average Bonchev–Trinajstić information content (AvgIpc) is 2.73. The van der Waals surface area contributed by atoms with E-state index in [1.54, 1.807) is 54.6 Å². The first-order valence-electron chi connectivity index (χ1n) is 9.33. The van der Waals surface area contributed by atoms with Gasteiger partial charge in [-0.2, -0.15) is 0 Å². The molecule has 0 saturated heterocycles. The molecule has 154 valence electrons. The number of rotatable bonds is 4. The minimum Gasteiger partial charge on any atom is -0.322 e. The van der Waals surface area contributed by atoms with Crippen LogP contribution in [0.4, 0.5) is 11.4 Å². The summed E-state index contributed by atoms with van der Waals surface area (Å²) in [5.74, 6) is -0.280. The van der Waals surface area contributed by atoms with Crippen LogP contribution in [0.3, 0.4) is 0 Å². The highest BCUT2D eigenvalue weighted by Crippen LogP contribution is 2.33. The fourth-order valence-electron chi connectivity index (χ4n) is 3.46. The maximum atomic E-state index is 13.1. The molecule has 1 aliphatic rings. The van der Waals surface area contributed by atoms with Crippen molar-refractivity contribution < 1.29 is 13.2 Å². The number of fused-ring (bicyclic) bond motifs is 1. The molecule has 4 rings (SSSR count). The maximum absolute atomic E-state index is 13.1. The van der Waals surface area contributed by atoms with Gasteiger partial charge in [0.2, 0.25) is 0 Å². The summed E-state index contributed by atoms with van der Waals surface area (Å²) in [6, 6.07) is 18.1. The van der Waals surface area contributed by atoms with Gasteiger partial charge >= 0.3 is 0 Å². The van der Waals surface area contributed by atoms with Gasteiger partial charge in [-0.3, -0.25) is 9.10 Å². The van der Waals surface area contributed by atoms with Crippen LogP contribution in [0.5, 0.6) is 0 Å². The first-order valence-corrected chi connectivity index (χ1v) is 11.5. The van der Waals surface area contributed by atoms with Gasteiger partial charge in [0.05, 0.1) is 10.6 Å². The lowest BCUT2D eigenvalue weighted by molar-refractivity contribution is 0.102. The SMILES string of the molecule is O=C(Nc1cccc(Cl)c1)c1ccc2c(c1)CCCN2S(=O)(=O)c1ccc(Cl)cc1. The second-order valence-electron chi connectivity index (χ2n) is 6.94. The summed E-state index contributed by atoms with van der Waals surface area (Å²) in [4.78, 5) is 12.8. The van der Waals surface area contributed by atoms with Crippen LogP contribution in [0.1, 0.15) is 22.3 Å². The number of halogens is 2. The fourth-order valence-corrected chi connectivity index (χ4v) is 5.31. The van der Waals surface area contributed by atoms with Crippen molar-refractivity contribution in [2.75, 3.05) is 16.2 Å². The number of carbonyl (C=O) groups excluding carboxylic acids is 1. The number of aryl methyl sites for hydroxylation is 1. The predicted octanol–water partition coefficient (Wildman–Crippen LogP) is 5.39. The largest absolute Gasteiger partial charge is 0.322 e. The molecule has 30 heavy (non-hydrogen) atoms. The minimum absolute atomic E-state index is 0.183. The third-order valence-electron chi connectivity index (χ3n) is 4.90.